The highest BCUT2D eigenvalue weighted by Gasteiger charge is 2.54. The number of hydrogen-bond donors (Lipinski definition) is 1. The van der Waals surface area contributed by atoms with Crippen molar-refractivity contribution in [1.82, 2.24) is 10.2 Å². The van der Waals surface area contributed by atoms with E-state index in [0.29, 0.717) is 0 Å². The molecule has 3 rings (SSSR count). The van der Waals surface area contributed by atoms with Crippen LogP contribution in [0.25, 0.3) is 0 Å². The van der Waals surface area contributed by atoms with Crippen LogP contribution in [0.15, 0.2) is 28.7 Å². The van der Waals surface area contributed by atoms with E-state index in [1.165, 1.54) is 5.56 Å². The minimum atomic E-state index is 0.112. The molecule has 20 heavy (non-hydrogen) atoms. The largest absolute Gasteiger partial charge is 0.379 e. The smallest absolute Gasteiger partial charge is 0.0603 e. The summed E-state index contributed by atoms with van der Waals surface area (Å²) in [6.45, 7) is 10.8. The van der Waals surface area contributed by atoms with E-state index in [0.717, 1.165) is 43.9 Å². The van der Waals surface area contributed by atoms with E-state index in [9.17, 15) is 0 Å². The van der Waals surface area contributed by atoms with Gasteiger partial charge in [-0.15, -0.1) is 0 Å². The molecule has 0 aliphatic carbocycles. The molecule has 0 unspecified atom stereocenters. The summed E-state index contributed by atoms with van der Waals surface area (Å²) >= 11 is 3.53. The Bertz CT molecular complexity index is 462. The van der Waals surface area contributed by atoms with Crippen LogP contribution in [0.4, 0.5) is 0 Å². The third kappa shape index (κ3) is 2.23. The summed E-state index contributed by atoms with van der Waals surface area (Å²) in [4.78, 5) is 2.62. The maximum Gasteiger partial charge on any atom is 0.0603 e. The van der Waals surface area contributed by atoms with Gasteiger partial charge in [0.05, 0.1) is 18.6 Å². The van der Waals surface area contributed by atoms with E-state index in [4.69, 9.17) is 4.74 Å². The Labute approximate surface area is 129 Å². The van der Waals surface area contributed by atoms with Crippen molar-refractivity contribution in [2.24, 2.45) is 0 Å². The van der Waals surface area contributed by atoms with Crippen LogP contribution in [-0.2, 0) is 10.2 Å². The number of nitrogens with zero attached hydrogens (tertiary/aromatic N) is 1. The SMILES string of the molecule is CC(C)(N1CCNCC1)C1(c2ccc(Br)cc2)COC1. The number of piperazine rings is 1. The summed E-state index contributed by atoms with van der Waals surface area (Å²) in [5, 5.41) is 3.44. The molecular formula is C16H23BrN2O. The van der Waals surface area contributed by atoms with Gasteiger partial charge < -0.3 is 10.1 Å². The summed E-state index contributed by atoms with van der Waals surface area (Å²) in [5.74, 6) is 0. The Morgan fingerprint density at radius 2 is 1.75 bits per heavy atom. The van der Waals surface area contributed by atoms with Gasteiger partial charge in [-0.05, 0) is 31.5 Å². The molecular weight excluding hydrogens is 316 g/mol. The molecule has 0 amide bonds. The van der Waals surface area contributed by atoms with E-state index in [1.807, 2.05) is 0 Å². The monoisotopic (exact) mass is 338 g/mol. The average molecular weight is 339 g/mol. The second-order valence-corrected chi connectivity index (χ2v) is 7.29. The first kappa shape index (κ1) is 14.5. The van der Waals surface area contributed by atoms with E-state index < -0.39 is 0 Å². The van der Waals surface area contributed by atoms with Crippen LogP contribution in [0.3, 0.4) is 0 Å². The highest BCUT2D eigenvalue weighted by molar-refractivity contribution is 9.10. The maximum absolute atomic E-state index is 5.65. The molecule has 0 radical (unpaired) electrons. The molecule has 0 atom stereocenters. The highest BCUT2D eigenvalue weighted by Crippen LogP contribution is 2.45. The molecule has 1 aromatic rings. The first-order chi connectivity index (χ1) is 9.56. The summed E-state index contributed by atoms with van der Waals surface area (Å²) in [6, 6.07) is 8.78. The number of benzene rings is 1. The minimum Gasteiger partial charge on any atom is -0.379 e. The molecule has 0 saturated carbocycles. The van der Waals surface area contributed by atoms with Gasteiger partial charge in [0.1, 0.15) is 0 Å². The molecule has 0 spiro atoms. The van der Waals surface area contributed by atoms with E-state index in [1.54, 1.807) is 0 Å². The standard InChI is InChI=1S/C16H23BrN2O/c1-15(2,19-9-7-18-8-10-19)16(11-20-12-16)13-3-5-14(17)6-4-13/h3-6,18H,7-12H2,1-2H3. The molecule has 0 bridgehead atoms. The third-order valence-electron chi connectivity index (χ3n) is 5.17. The molecule has 2 saturated heterocycles. The molecule has 2 heterocycles. The quantitative estimate of drug-likeness (QED) is 0.915. The third-order valence-corrected chi connectivity index (χ3v) is 5.70. The lowest BCUT2D eigenvalue weighted by molar-refractivity contribution is -0.136. The summed E-state index contributed by atoms with van der Waals surface area (Å²) in [7, 11) is 0. The first-order valence-electron chi connectivity index (χ1n) is 7.36. The fourth-order valence-electron chi connectivity index (χ4n) is 3.47. The second kappa shape index (κ2) is 5.41. The Morgan fingerprint density at radius 1 is 1.15 bits per heavy atom. The van der Waals surface area contributed by atoms with Crippen molar-refractivity contribution >= 4 is 15.9 Å². The number of ether oxygens (including phenoxy) is 1. The van der Waals surface area contributed by atoms with Gasteiger partial charge in [0.15, 0.2) is 0 Å². The molecule has 1 N–H and O–H groups in total. The Morgan fingerprint density at radius 3 is 2.25 bits per heavy atom. The topological polar surface area (TPSA) is 24.5 Å². The van der Waals surface area contributed by atoms with Gasteiger partial charge >= 0.3 is 0 Å². The molecule has 2 aliphatic heterocycles. The van der Waals surface area contributed by atoms with Gasteiger partial charge in [-0.25, -0.2) is 0 Å². The van der Waals surface area contributed by atoms with Crippen molar-refractivity contribution in [3.8, 4) is 0 Å². The summed E-state index contributed by atoms with van der Waals surface area (Å²) < 4.78 is 6.78. The number of rotatable bonds is 3. The predicted octanol–water partition coefficient (Wildman–Crippen LogP) is 2.40. The zero-order valence-corrected chi connectivity index (χ0v) is 13.9. The lowest BCUT2D eigenvalue weighted by Gasteiger charge is -2.58. The fourth-order valence-corrected chi connectivity index (χ4v) is 3.74. The molecule has 2 fully saturated rings. The van der Waals surface area contributed by atoms with Gasteiger partial charge in [0.25, 0.3) is 0 Å². The average Bonchev–Trinajstić information content (AvgIpc) is 2.40. The Balaban J connectivity index is 1.92. The highest BCUT2D eigenvalue weighted by atomic mass is 79.9. The van der Waals surface area contributed by atoms with Gasteiger partial charge in [-0.3, -0.25) is 4.90 Å². The van der Waals surface area contributed by atoms with Crippen LogP contribution >= 0.6 is 15.9 Å². The van der Waals surface area contributed by atoms with Crippen molar-refractivity contribution < 1.29 is 4.74 Å². The number of hydrogen-bond acceptors (Lipinski definition) is 3. The van der Waals surface area contributed by atoms with Crippen LogP contribution in [0.2, 0.25) is 0 Å². The molecule has 4 heteroatoms. The van der Waals surface area contributed by atoms with Crippen molar-refractivity contribution in [3.05, 3.63) is 34.3 Å². The minimum absolute atomic E-state index is 0.112. The Hall–Kier alpha value is -0.420. The van der Waals surface area contributed by atoms with Crippen LogP contribution in [0.5, 0.6) is 0 Å². The number of nitrogens with one attached hydrogen (secondary N) is 1. The van der Waals surface area contributed by atoms with E-state index in [2.05, 4.69) is 64.3 Å². The fraction of sp³-hybridized carbons (Fsp3) is 0.625. The zero-order valence-electron chi connectivity index (χ0n) is 12.3. The molecule has 3 nitrogen and oxygen atoms in total. The van der Waals surface area contributed by atoms with Crippen molar-refractivity contribution in [3.63, 3.8) is 0 Å². The van der Waals surface area contributed by atoms with Crippen molar-refractivity contribution in [2.75, 3.05) is 39.4 Å². The molecule has 110 valence electrons. The van der Waals surface area contributed by atoms with Crippen LogP contribution in [0.1, 0.15) is 19.4 Å². The lowest BCUT2D eigenvalue weighted by atomic mass is 9.64. The normalized spacial score (nSPS) is 23.4. The van der Waals surface area contributed by atoms with E-state index in [-0.39, 0.29) is 11.0 Å². The lowest BCUT2D eigenvalue weighted by Crippen LogP contribution is -2.69. The molecule has 1 aromatic carbocycles. The molecule has 0 aromatic heterocycles. The van der Waals surface area contributed by atoms with Crippen LogP contribution < -0.4 is 5.32 Å². The number of halogens is 1. The van der Waals surface area contributed by atoms with Gasteiger partial charge in [-0.1, -0.05) is 28.1 Å². The first-order valence-corrected chi connectivity index (χ1v) is 8.15. The molecule has 2 aliphatic rings. The summed E-state index contributed by atoms with van der Waals surface area (Å²) in [5.41, 5.74) is 1.63. The predicted molar refractivity (Wildman–Crippen MR) is 85.2 cm³/mol. The Kier molecular flexibility index (Phi) is 3.93. The van der Waals surface area contributed by atoms with Crippen LogP contribution in [-0.4, -0.2) is 49.8 Å². The second-order valence-electron chi connectivity index (χ2n) is 6.38. The van der Waals surface area contributed by atoms with E-state index >= 15 is 0 Å². The maximum atomic E-state index is 5.65. The zero-order chi connectivity index (χ0) is 14.2. The van der Waals surface area contributed by atoms with Crippen molar-refractivity contribution in [2.45, 2.75) is 24.8 Å². The van der Waals surface area contributed by atoms with Gasteiger partial charge in [0.2, 0.25) is 0 Å². The van der Waals surface area contributed by atoms with Crippen molar-refractivity contribution in [1.29, 1.82) is 0 Å². The summed E-state index contributed by atoms with van der Waals surface area (Å²) in [6.07, 6.45) is 0. The van der Waals surface area contributed by atoms with Crippen LogP contribution in [0, 0.1) is 0 Å². The van der Waals surface area contributed by atoms with Gasteiger partial charge in [-0.2, -0.15) is 0 Å². The van der Waals surface area contributed by atoms with Gasteiger partial charge in [0, 0.05) is 36.2 Å².